The van der Waals surface area contributed by atoms with Gasteiger partial charge in [-0.15, -0.1) is 0 Å². The van der Waals surface area contributed by atoms with Crippen molar-refractivity contribution >= 4 is 6.29 Å². The molecule has 0 bridgehead atoms. The third-order valence-corrected chi connectivity index (χ3v) is 2.05. The fourth-order valence-corrected chi connectivity index (χ4v) is 1.40. The first kappa shape index (κ1) is 8.74. The molecule has 0 saturated carbocycles. The summed E-state index contributed by atoms with van der Waals surface area (Å²) in [6.45, 7) is 1.86. The summed E-state index contributed by atoms with van der Waals surface area (Å²) in [5, 5.41) is 0. The number of hydrogen-bond acceptors (Lipinski definition) is 3. The smallest absolute Gasteiger partial charge is 0.170 e. The van der Waals surface area contributed by atoms with Crippen molar-refractivity contribution in [2.24, 2.45) is 7.05 Å². The van der Waals surface area contributed by atoms with Crippen LogP contribution in [0.15, 0.2) is 22.9 Å². The molecular formula is C10H10N2O2. The SMILES string of the molecule is Cc1ccc(-c2c(C=O)ncn2C)o1. The maximum Gasteiger partial charge on any atom is 0.170 e. The first-order chi connectivity index (χ1) is 6.72. The van der Waals surface area contributed by atoms with E-state index in [1.807, 2.05) is 26.1 Å². The Labute approximate surface area is 81.2 Å². The monoisotopic (exact) mass is 190 g/mol. The van der Waals surface area contributed by atoms with E-state index in [1.165, 1.54) is 0 Å². The molecule has 0 spiro atoms. The van der Waals surface area contributed by atoms with Gasteiger partial charge in [-0.05, 0) is 19.1 Å². The molecule has 0 aromatic carbocycles. The van der Waals surface area contributed by atoms with Gasteiger partial charge in [-0.25, -0.2) is 4.98 Å². The molecule has 2 heterocycles. The van der Waals surface area contributed by atoms with Crippen LogP contribution in [0.2, 0.25) is 0 Å². The average molecular weight is 190 g/mol. The molecule has 0 radical (unpaired) electrons. The Morgan fingerprint density at radius 1 is 1.50 bits per heavy atom. The molecular weight excluding hydrogens is 180 g/mol. The molecule has 0 aliphatic carbocycles. The van der Waals surface area contributed by atoms with E-state index < -0.39 is 0 Å². The first-order valence-electron chi connectivity index (χ1n) is 4.25. The zero-order chi connectivity index (χ0) is 10.1. The summed E-state index contributed by atoms with van der Waals surface area (Å²) in [5.41, 5.74) is 1.12. The van der Waals surface area contributed by atoms with Crippen molar-refractivity contribution in [3.8, 4) is 11.5 Å². The molecule has 0 unspecified atom stereocenters. The van der Waals surface area contributed by atoms with Crippen LogP contribution in [0, 0.1) is 6.92 Å². The Hall–Kier alpha value is -1.84. The predicted molar refractivity (Wildman–Crippen MR) is 51.0 cm³/mol. The standard InChI is InChI=1S/C10H10N2O2/c1-7-3-4-9(14-7)10-8(5-13)11-6-12(10)2/h3-6H,1-2H3. The van der Waals surface area contributed by atoms with E-state index in [0.29, 0.717) is 17.1 Å². The summed E-state index contributed by atoms with van der Waals surface area (Å²) < 4.78 is 7.20. The van der Waals surface area contributed by atoms with Crippen molar-refractivity contribution in [1.29, 1.82) is 0 Å². The molecule has 2 aromatic rings. The molecule has 0 amide bonds. The van der Waals surface area contributed by atoms with Crippen LogP contribution in [-0.2, 0) is 7.05 Å². The van der Waals surface area contributed by atoms with Crippen LogP contribution >= 0.6 is 0 Å². The molecule has 0 aliphatic rings. The fraction of sp³-hybridized carbons (Fsp3) is 0.200. The van der Waals surface area contributed by atoms with Gasteiger partial charge in [0.15, 0.2) is 12.0 Å². The summed E-state index contributed by atoms with van der Waals surface area (Å²) in [5.74, 6) is 1.49. The van der Waals surface area contributed by atoms with E-state index in [1.54, 1.807) is 10.9 Å². The van der Waals surface area contributed by atoms with Crippen LogP contribution in [0.5, 0.6) is 0 Å². The summed E-state index contributed by atoms with van der Waals surface area (Å²) in [7, 11) is 1.83. The third kappa shape index (κ3) is 1.25. The summed E-state index contributed by atoms with van der Waals surface area (Å²) in [6.07, 6.45) is 2.32. The molecule has 2 aromatic heterocycles. The summed E-state index contributed by atoms with van der Waals surface area (Å²) >= 11 is 0. The van der Waals surface area contributed by atoms with Gasteiger partial charge in [0.1, 0.15) is 17.1 Å². The highest BCUT2D eigenvalue weighted by molar-refractivity contribution is 5.82. The van der Waals surface area contributed by atoms with Crippen molar-refractivity contribution in [3.05, 3.63) is 29.9 Å². The molecule has 4 heteroatoms. The lowest BCUT2D eigenvalue weighted by atomic mass is 10.3. The van der Waals surface area contributed by atoms with Crippen molar-refractivity contribution in [3.63, 3.8) is 0 Å². The van der Waals surface area contributed by atoms with Crippen LogP contribution in [0.25, 0.3) is 11.5 Å². The van der Waals surface area contributed by atoms with E-state index >= 15 is 0 Å². The Balaban J connectivity index is 2.59. The predicted octanol–water partition coefficient (Wildman–Crippen LogP) is 1.80. The lowest BCUT2D eigenvalue weighted by Crippen LogP contribution is -1.91. The van der Waals surface area contributed by atoms with Crippen molar-refractivity contribution < 1.29 is 9.21 Å². The third-order valence-electron chi connectivity index (χ3n) is 2.05. The van der Waals surface area contributed by atoms with Gasteiger partial charge in [0, 0.05) is 7.05 Å². The Kier molecular flexibility index (Phi) is 1.96. The number of furan rings is 1. The lowest BCUT2D eigenvalue weighted by molar-refractivity contribution is 0.112. The molecule has 0 saturated heterocycles. The molecule has 4 nitrogen and oxygen atoms in total. The van der Waals surface area contributed by atoms with Gasteiger partial charge < -0.3 is 8.98 Å². The minimum Gasteiger partial charge on any atom is -0.460 e. The minimum atomic E-state index is 0.404. The number of aryl methyl sites for hydroxylation is 2. The van der Waals surface area contributed by atoms with Crippen LogP contribution < -0.4 is 0 Å². The zero-order valence-corrected chi connectivity index (χ0v) is 8.02. The molecule has 14 heavy (non-hydrogen) atoms. The molecule has 0 aliphatic heterocycles. The van der Waals surface area contributed by atoms with E-state index in [2.05, 4.69) is 4.98 Å². The van der Waals surface area contributed by atoms with Gasteiger partial charge in [-0.1, -0.05) is 0 Å². The second-order valence-electron chi connectivity index (χ2n) is 3.12. The number of aldehydes is 1. The number of rotatable bonds is 2. The van der Waals surface area contributed by atoms with Crippen molar-refractivity contribution in [2.45, 2.75) is 6.92 Å². The summed E-state index contributed by atoms with van der Waals surface area (Å²) in [4.78, 5) is 14.7. The maximum atomic E-state index is 10.7. The summed E-state index contributed by atoms with van der Waals surface area (Å²) in [6, 6.07) is 3.69. The van der Waals surface area contributed by atoms with E-state index in [4.69, 9.17) is 4.42 Å². The van der Waals surface area contributed by atoms with Gasteiger partial charge in [-0.2, -0.15) is 0 Å². The Morgan fingerprint density at radius 2 is 2.29 bits per heavy atom. The maximum absolute atomic E-state index is 10.7. The number of carbonyl (C=O) groups is 1. The second-order valence-corrected chi connectivity index (χ2v) is 3.12. The van der Waals surface area contributed by atoms with Crippen molar-refractivity contribution in [1.82, 2.24) is 9.55 Å². The van der Waals surface area contributed by atoms with Crippen LogP contribution in [0.1, 0.15) is 16.2 Å². The number of imidazole rings is 1. The normalized spacial score (nSPS) is 10.4. The van der Waals surface area contributed by atoms with Crippen LogP contribution in [-0.4, -0.2) is 15.8 Å². The lowest BCUT2D eigenvalue weighted by Gasteiger charge is -1.98. The number of hydrogen-bond donors (Lipinski definition) is 0. The van der Waals surface area contributed by atoms with E-state index in [-0.39, 0.29) is 0 Å². The second kappa shape index (κ2) is 3.14. The highest BCUT2D eigenvalue weighted by atomic mass is 16.3. The number of nitrogens with zero attached hydrogens (tertiary/aromatic N) is 2. The van der Waals surface area contributed by atoms with Gasteiger partial charge in [-0.3, -0.25) is 4.79 Å². The Morgan fingerprint density at radius 3 is 2.86 bits per heavy atom. The number of aromatic nitrogens is 2. The fourth-order valence-electron chi connectivity index (χ4n) is 1.40. The molecule has 0 atom stereocenters. The van der Waals surface area contributed by atoms with Gasteiger partial charge in [0.2, 0.25) is 0 Å². The van der Waals surface area contributed by atoms with Crippen molar-refractivity contribution in [2.75, 3.05) is 0 Å². The topological polar surface area (TPSA) is 48.0 Å². The molecule has 2 rings (SSSR count). The average Bonchev–Trinajstić information content (AvgIpc) is 2.71. The van der Waals surface area contributed by atoms with Gasteiger partial charge >= 0.3 is 0 Å². The first-order valence-corrected chi connectivity index (χ1v) is 4.25. The van der Waals surface area contributed by atoms with E-state index in [0.717, 1.165) is 12.0 Å². The largest absolute Gasteiger partial charge is 0.460 e. The van der Waals surface area contributed by atoms with Crippen LogP contribution in [0.4, 0.5) is 0 Å². The zero-order valence-electron chi connectivity index (χ0n) is 8.02. The highest BCUT2D eigenvalue weighted by Crippen LogP contribution is 2.23. The van der Waals surface area contributed by atoms with E-state index in [9.17, 15) is 4.79 Å². The number of carbonyl (C=O) groups excluding carboxylic acids is 1. The minimum absolute atomic E-state index is 0.404. The quantitative estimate of drug-likeness (QED) is 0.678. The molecule has 72 valence electrons. The van der Waals surface area contributed by atoms with Crippen LogP contribution in [0.3, 0.4) is 0 Å². The van der Waals surface area contributed by atoms with Gasteiger partial charge in [0.25, 0.3) is 0 Å². The van der Waals surface area contributed by atoms with Gasteiger partial charge in [0.05, 0.1) is 6.33 Å². The Bertz CT molecular complexity index is 468. The molecule has 0 fully saturated rings. The highest BCUT2D eigenvalue weighted by Gasteiger charge is 2.13. The molecule has 0 N–H and O–H groups in total.